The van der Waals surface area contributed by atoms with Gasteiger partial charge in [-0.1, -0.05) is 53.7 Å². The smallest absolute Gasteiger partial charge is 0.339 e. The number of carbonyl (C=O) groups excluding carboxylic acids is 1. The maximum atomic E-state index is 12.8. The zero-order valence-electron chi connectivity index (χ0n) is 15.9. The van der Waals surface area contributed by atoms with Gasteiger partial charge in [0.1, 0.15) is 5.82 Å². The molecule has 0 spiro atoms. The van der Waals surface area contributed by atoms with Gasteiger partial charge >= 0.3 is 5.76 Å². The van der Waals surface area contributed by atoms with Crippen LogP contribution in [0.25, 0.3) is 5.69 Å². The Morgan fingerprint density at radius 2 is 1.97 bits per heavy atom. The van der Waals surface area contributed by atoms with Gasteiger partial charge in [0.15, 0.2) is 5.82 Å². The number of amides is 1. The van der Waals surface area contributed by atoms with Gasteiger partial charge in [-0.25, -0.2) is 14.3 Å². The molecule has 1 aliphatic heterocycles. The van der Waals surface area contributed by atoms with E-state index in [0.29, 0.717) is 30.9 Å². The predicted octanol–water partition coefficient (Wildman–Crippen LogP) is 1.95. The number of para-hydroxylation sites is 1. The number of aryl methyl sites for hydroxylation is 1. The summed E-state index contributed by atoms with van der Waals surface area (Å²) in [5, 5.41) is 13.7. The fourth-order valence-electron chi connectivity index (χ4n) is 3.70. The van der Waals surface area contributed by atoms with Crippen LogP contribution in [0.2, 0.25) is 0 Å². The first kappa shape index (κ1) is 18.0. The third-order valence-electron chi connectivity index (χ3n) is 5.13. The minimum atomic E-state index is -0.582. The summed E-state index contributed by atoms with van der Waals surface area (Å²) in [5.74, 6) is -0.0263. The molecule has 5 rings (SSSR count). The Hall–Kier alpha value is -4.01. The van der Waals surface area contributed by atoms with Crippen molar-refractivity contribution < 1.29 is 9.32 Å². The molecule has 3 heterocycles. The Bertz CT molecular complexity index is 1260. The number of hydrogen-bond donors (Lipinski definition) is 2. The molecule has 9 nitrogen and oxygen atoms in total. The molecule has 0 saturated heterocycles. The Balaban J connectivity index is 1.37. The number of nitrogens with one attached hydrogen (secondary N) is 2. The lowest BCUT2D eigenvalue weighted by Crippen LogP contribution is -2.31. The predicted molar refractivity (Wildman–Crippen MR) is 106 cm³/mol. The van der Waals surface area contributed by atoms with Crippen molar-refractivity contribution in [2.24, 2.45) is 0 Å². The van der Waals surface area contributed by atoms with E-state index in [0.717, 1.165) is 16.8 Å². The maximum Gasteiger partial charge on any atom is 0.446 e. The quantitative estimate of drug-likeness (QED) is 0.539. The van der Waals surface area contributed by atoms with Crippen LogP contribution in [-0.4, -0.2) is 30.8 Å². The first-order valence-corrected chi connectivity index (χ1v) is 9.62. The van der Waals surface area contributed by atoms with Gasteiger partial charge in [0, 0.05) is 6.42 Å². The summed E-state index contributed by atoms with van der Waals surface area (Å²) in [6.45, 7) is 0. The number of aromatic nitrogens is 5. The molecule has 30 heavy (non-hydrogen) atoms. The Labute approximate surface area is 170 Å². The minimum Gasteiger partial charge on any atom is -0.339 e. The highest BCUT2D eigenvalue weighted by Crippen LogP contribution is 2.27. The molecule has 1 unspecified atom stereocenters. The van der Waals surface area contributed by atoms with Crippen LogP contribution in [0.4, 0.5) is 0 Å². The van der Waals surface area contributed by atoms with Crippen molar-refractivity contribution in [1.29, 1.82) is 0 Å². The molecule has 1 amide bonds. The molecule has 0 bridgehead atoms. The molecular formula is C21H18N6O3. The number of carbonyl (C=O) groups is 1. The van der Waals surface area contributed by atoms with Crippen molar-refractivity contribution in [1.82, 2.24) is 30.2 Å². The molecule has 4 aromatic rings. The first-order chi connectivity index (χ1) is 14.7. The van der Waals surface area contributed by atoms with Gasteiger partial charge < -0.3 is 5.32 Å². The highest BCUT2D eigenvalue weighted by atomic mass is 16.5. The number of aromatic amines is 1. The average molecular weight is 402 g/mol. The van der Waals surface area contributed by atoms with E-state index in [2.05, 4.69) is 25.7 Å². The lowest BCUT2D eigenvalue weighted by Gasteiger charge is -2.13. The van der Waals surface area contributed by atoms with Gasteiger partial charge in [0.2, 0.25) is 5.82 Å². The summed E-state index contributed by atoms with van der Waals surface area (Å²) in [6.07, 6.45) is 1.79. The third kappa shape index (κ3) is 3.30. The molecule has 0 fully saturated rings. The number of fused-ring (bicyclic) bond motifs is 3. The maximum absolute atomic E-state index is 12.8. The summed E-state index contributed by atoms with van der Waals surface area (Å²) in [6, 6.07) is 16.8. The zero-order chi connectivity index (χ0) is 20.5. The Morgan fingerprint density at radius 3 is 2.83 bits per heavy atom. The van der Waals surface area contributed by atoms with E-state index >= 15 is 0 Å². The standard InChI is InChI=1S/C21H18N6O3/c28-20(18-23-17(24-25-18)12-13-6-2-1-3-7-13)22-15-11-10-14-8-4-5-9-16(14)27-19(15)26-30-21(27)29/h1-9,15H,10-12H2,(H,22,28)(H,23,24,25). The Kier molecular flexibility index (Phi) is 4.47. The van der Waals surface area contributed by atoms with Crippen LogP contribution < -0.4 is 11.1 Å². The molecule has 150 valence electrons. The van der Waals surface area contributed by atoms with Crippen LogP contribution in [-0.2, 0) is 12.8 Å². The highest BCUT2D eigenvalue weighted by Gasteiger charge is 2.29. The van der Waals surface area contributed by atoms with Crippen LogP contribution in [0.5, 0.6) is 0 Å². The molecule has 0 saturated carbocycles. The molecule has 2 aromatic carbocycles. The first-order valence-electron chi connectivity index (χ1n) is 9.62. The van der Waals surface area contributed by atoms with E-state index in [4.69, 9.17) is 4.52 Å². The van der Waals surface area contributed by atoms with Crippen molar-refractivity contribution in [3.63, 3.8) is 0 Å². The van der Waals surface area contributed by atoms with Crippen molar-refractivity contribution in [2.45, 2.75) is 25.3 Å². The topological polar surface area (TPSA) is 119 Å². The fourth-order valence-corrected chi connectivity index (χ4v) is 3.70. The van der Waals surface area contributed by atoms with Crippen LogP contribution in [0, 0.1) is 0 Å². The molecule has 0 radical (unpaired) electrons. The lowest BCUT2D eigenvalue weighted by molar-refractivity contribution is 0.0922. The minimum absolute atomic E-state index is 0.0417. The molecule has 2 aromatic heterocycles. The monoisotopic (exact) mass is 402 g/mol. The van der Waals surface area contributed by atoms with Gasteiger partial charge in [-0.2, -0.15) is 0 Å². The summed E-state index contributed by atoms with van der Waals surface area (Å²) in [4.78, 5) is 29.3. The van der Waals surface area contributed by atoms with Gasteiger partial charge in [-0.15, -0.1) is 5.10 Å². The largest absolute Gasteiger partial charge is 0.446 e. The molecular weight excluding hydrogens is 384 g/mol. The normalized spacial score (nSPS) is 15.1. The summed E-state index contributed by atoms with van der Waals surface area (Å²) < 4.78 is 6.30. The van der Waals surface area contributed by atoms with Gasteiger partial charge in [0.05, 0.1) is 11.7 Å². The number of nitrogens with zero attached hydrogens (tertiary/aromatic N) is 4. The second kappa shape index (κ2) is 7.43. The summed E-state index contributed by atoms with van der Waals surface area (Å²) in [5.41, 5.74) is 2.77. The summed E-state index contributed by atoms with van der Waals surface area (Å²) in [7, 11) is 0. The van der Waals surface area contributed by atoms with Crippen molar-refractivity contribution >= 4 is 5.91 Å². The van der Waals surface area contributed by atoms with Gasteiger partial charge in [-0.3, -0.25) is 14.4 Å². The SMILES string of the molecule is O=C(NC1CCc2ccccc2-n2c1noc2=O)c1n[nH]c(Cc2ccccc2)n1. The molecule has 0 aliphatic carbocycles. The average Bonchev–Trinajstić information content (AvgIpc) is 3.35. The zero-order valence-corrected chi connectivity index (χ0v) is 15.9. The fraction of sp³-hybridized carbons (Fsp3) is 0.190. The lowest BCUT2D eigenvalue weighted by atomic mass is 10.1. The number of rotatable bonds is 4. The van der Waals surface area contributed by atoms with Crippen molar-refractivity contribution in [2.75, 3.05) is 0 Å². The number of H-pyrrole nitrogens is 1. The second-order valence-electron chi connectivity index (χ2n) is 7.10. The van der Waals surface area contributed by atoms with Crippen molar-refractivity contribution in [3.05, 3.63) is 93.7 Å². The molecule has 9 heteroatoms. The van der Waals surface area contributed by atoms with E-state index in [1.54, 1.807) is 0 Å². The van der Waals surface area contributed by atoms with Crippen molar-refractivity contribution in [3.8, 4) is 5.69 Å². The Morgan fingerprint density at radius 1 is 1.17 bits per heavy atom. The number of hydrogen-bond acceptors (Lipinski definition) is 6. The van der Waals surface area contributed by atoms with E-state index in [9.17, 15) is 9.59 Å². The van der Waals surface area contributed by atoms with E-state index in [-0.39, 0.29) is 5.82 Å². The molecule has 1 aliphatic rings. The van der Waals surface area contributed by atoms with Gasteiger partial charge in [-0.05, 0) is 30.0 Å². The van der Waals surface area contributed by atoms with E-state index < -0.39 is 17.7 Å². The van der Waals surface area contributed by atoms with Crippen LogP contribution in [0.1, 0.15) is 45.9 Å². The molecule has 1 atom stereocenters. The highest BCUT2D eigenvalue weighted by molar-refractivity contribution is 5.90. The van der Waals surface area contributed by atoms with Crippen LogP contribution in [0.15, 0.2) is 63.9 Å². The summed E-state index contributed by atoms with van der Waals surface area (Å²) >= 11 is 0. The van der Waals surface area contributed by atoms with E-state index in [1.165, 1.54) is 4.57 Å². The molecule has 2 N–H and O–H groups in total. The van der Waals surface area contributed by atoms with Gasteiger partial charge in [0.25, 0.3) is 5.91 Å². The third-order valence-corrected chi connectivity index (χ3v) is 5.13. The van der Waals surface area contributed by atoms with E-state index in [1.807, 2.05) is 54.6 Å². The van der Waals surface area contributed by atoms with Crippen LogP contribution >= 0.6 is 0 Å². The van der Waals surface area contributed by atoms with Crippen LogP contribution in [0.3, 0.4) is 0 Å². The second-order valence-corrected chi connectivity index (χ2v) is 7.10. The number of benzene rings is 2.